The molecule has 166 valence electrons. The zero-order valence-corrected chi connectivity index (χ0v) is 13.0. The van der Waals surface area contributed by atoms with Crippen LogP contribution in [0.1, 0.15) is 10.4 Å². The Hall–Kier alpha value is -2.42. The Labute approximate surface area is 150 Å². The minimum absolute atomic E-state index is 0.175. The lowest BCUT2D eigenvalue weighted by atomic mass is 9.97. The van der Waals surface area contributed by atoms with Gasteiger partial charge in [-0.2, -0.15) is 57.1 Å². The molecule has 0 aliphatic rings. The zero-order chi connectivity index (χ0) is 23.3. The van der Waals surface area contributed by atoms with Crippen LogP contribution in [0.2, 0.25) is 0 Å². The lowest BCUT2D eigenvalue weighted by molar-refractivity contribution is -0.456. The topological polar surface area (TPSA) is 46.5 Å². The number of carboxylic acid groups (broad SMARTS) is 1. The number of carbonyl (C=O) groups is 1. The van der Waals surface area contributed by atoms with Crippen molar-refractivity contribution in [1.82, 2.24) is 0 Å². The van der Waals surface area contributed by atoms with Crippen LogP contribution in [-0.4, -0.2) is 47.1 Å². The molecule has 1 rings (SSSR count). The molecule has 0 saturated carbocycles. The summed E-state index contributed by atoms with van der Waals surface area (Å²) in [5, 5.41) is 8.52. The highest BCUT2D eigenvalue weighted by atomic mass is 19.4. The van der Waals surface area contributed by atoms with Crippen LogP contribution in [0.3, 0.4) is 0 Å². The van der Waals surface area contributed by atoms with Gasteiger partial charge in [0.1, 0.15) is 5.75 Å². The van der Waals surface area contributed by atoms with E-state index in [1.807, 2.05) is 0 Å². The van der Waals surface area contributed by atoms with Crippen LogP contribution >= 0.6 is 0 Å². The summed E-state index contributed by atoms with van der Waals surface area (Å²) in [4.78, 5) is 10.5. The quantitative estimate of drug-likeness (QED) is 0.555. The lowest BCUT2D eigenvalue weighted by Crippen LogP contribution is -2.70. The predicted molar refractivity (Wildman–Crippen MR) is 64.8 cm³/mol. The second-order valence-electron chi connectivity index (χ2n) is 5.24. The molecule has 0 heterocycles. The van der Waals surface area contributed by atoms with E-state index in [9.17, 15) is 61.9 Å². The van der Waals surface area contributed by atoms with Crippen LogP contribution in [0, 0.1) is 0 Å². The number of ether oxygens (including phenoxy) is 1. The first-order valence-corrected chi connectivity index (χ1v) is 6.61. The summed E-state index contributed by atoms with van der Waals surface area (Å²) in [6, 6.07) is 1.18. The number of halogens is 13. The number of carboxylic acids is 1. The van der Waals surface area contributed by atoms with Crippen molar-refractivity contribution in [2.45, 2.75) is 36.0 Å². The summed E-state index contributed by atoms with van der Waals surface area (Å²) in [5.74, 6) is -34.6. The molecule has 16 heteroatoms. The third-order valence-electron chi connectivity index (χ3n) is 3.25. The molecule has 0 fully saturated rings. The monoisotopic (exact) mass is 456 g/mol. The molecule has 0 radical (unpaired) electrons. The third kappa shape index (κ3) is 3.75. The van der Waals surface area contributed by atoms with Gasteiger partial charge in [0.2, 0.25) is 0 Å². The fourth-order valence-electron chi connectivity index (χ4n) is 1.63. The average Bonchev–Trinajstić information content (AvgIpc) is 2.53. The SMILES string of the molecule is O=C(O)c1ccc(OC(F)(F)C(F)(F)C(F)(F)C(F)(F)C(F)(F)C(F)(F)F)cc1. The van der Waals surface area contributed by atoms with Gasteiger partial charge in [0.05, 0.1) is 5.56 Å². The molecule has 1 aromatic rings. The van der Waals surface area contributed by atoms with Gasteiger partial charge in [-0.15, -0.1) is 0 Å². The normalized spacial score (nSPS) is 14.7. The van der Waals surface area contributed by atoms with Gasteiger partial charge in [-0.1, -0.05) is 0 Å². The molecular weight excluding hydrogens is 451 g/mol. The third-order valence-corrected chi connectivity index (χ3v) is 3.25. The Bertz CT molecular complexity index is 752. The van der Waals surface area contributed by atoms with Crippen LogP contribution < -0.4 is 4.74 Å². The predicted octanol–water partition coefficient (Wildman–Crippen LogP) is 5.46. The molecular formula is C13H5F13O3. The molecule has 0 aliphatic carbocycles. The largest absolute Gasteiger partial charge is 0.478 e. The van der Waals surface area contributed by atoms with E-state index in [4.69, 9.17) is 5.11 Å². The van der Waals surface area contributed by atoms with Gasteiger partial charge < -0.3 is 9.84 Å². The molecule has 0 amide bonds. The van der Waals surface area contributed by atoms with E-state index in [1.54, 1.807) is 0 Å². The van der Waals surface area contributed by atoms with Crippen molar-refractivity contribution >= 4 is 5.97 Å². The van der Waals surface area contributed by atoms with Crippen LogP contribution in [-0.2, 0) is 0 Å². The van der Waals surface area contributed by atoms with Crippen molar-refractivity contribution in [3.05, 3.63) is 29.8 Å². The fraction of sp³-hybridized carbons (Fsp3) is 0.462. The second-order valence-corrected chi connectivity index (χ2v) is 5.24. The van der Waals surface area contributed by atoms with Crippen molar-refractivity contribution in [2.24, 2.45) is 0 Å². The van der Waals surface area contributed by atoms with E-state index in [-0.39, 0.29) is 12.1 Å². The standard InChI is InChI=1S/C13H5F13O3/c14-8(15,10(18,19)12(22,23)24)9(16,17)11(20,21)13(25,26)29-6-3-1-5(2-4-6)7(27)28/h1-4H,(H,27,28). The maximum absolute atomic E-state index is 13.4. The van der Waals surface area contributed by atoms with Gasteiger partial charge in [-0.25, -0.2) is 4.79 Å². The van der Waals surface area contributed by atoms with Gasteiger partial charge in [0.25, 0.3) is 0 Å². The number of rotatable bonds is 7. The zero-order valence-electron chi connectivity index (χ0n) is 13.0. The smallest absolute Gasteiger partial charge is 0.471 e. The molecule has 3 nitrogen and oxygen atoms in total. The molecule has 1 aromatic carbocycles. The van der Waals surface area contributed by atoms with Crippen LogP contribution in [0.15, 0.2) is 24.3 Å². The first kappa shape index (κ1) is 24.6. The maximum Gasteiger partial charge on any atom is 0.471 e. The average molecular weight is 456 g/mol. The summed E-state index contributed by atoms with van der Waals surface area (Å²) in [5.41, 5.74) is -0.658. The van der Waals surface area contributed by atoms with E-state index in [0.29, 0.717) is 12.1 Å². The Kier molecular flexibility index (Phi) is 5.80. The lowest BCUT2D eigenvalue weighted by Gasteiger charge is -2.39. The molecule has 0 saturated heterocycles. The maximum atomic E-state index is 13.4. The first-order valence-electron chi connectivity index (χ1n) is 6.61. The van der Waals surface area contributed by atoms with Gasteiger partial charge in [0.15, 0.2) is 0 Å². The van der Waals surface area contributed by atoms with Gasteiger partial charge in [-0.3, -0.25) is 0 Å². The van der Waals surface area contributed by atoms with Crippen LogP contribution in [0.4, 0.5) is 57.1 Å². The molecule has 0 unspecified atom stereocenters. The molecule has 1 N–H and O–H groups in total. The van der Waals surface area contributed by atoms with Gasteiger partial charge in [-0.05, 0) is 24.3 Å². The van der Waals surface area contributed by atoms with Crippen molar-refractivity contribution in [2.75, 3.05) is 0 Å². The minimum atomic E-state index is -8.03. The van der Waals surface area contributed by atoms with Crippen molar-refractivity contribution in [3.63, 3.8) is 0 Å². The van der Waals surface area contributed by atoms with E-state index >= 15 is 0 Å². The van der Waals surface area contributed by atoms with E-state index < -0.39 is 53.3 Å². The van der Waals surface area contributed by atoms with E-state index in [0.717, 1.165) is 0 Å². The number of alkyl halides is 13. The molecule has 0 bridgehead atoms. The van der Waals surface area contributed by atoms with Crippen molar-refractivity contribution in [1.29, 1.82) is 0 Å². The van der Waals surface area contributed by atoms with Crippen LogP contribution in [0.5, 0.6) is 5.75 Å². The Morgan fingerprint density at radius 1 is 0.655 bits per heavy atom. The summed E-state index contributed by atoms with van der Waals surface area (Å²) in [6.07, 6.45) is -14.2. The Morgan fingerprint density at radius 2 is 1.03 bits per heavy atom. The fourth-order valence-corrected chi connectivity index (χ4v) is 1.63. The highest BCUT2D eigenvalue weighted by Crippen LogP contribution is 2.60. The summed E-state index contributed by atoms with van der Waals surface area (Å²) in [6.45, 7) is 0. The van der Waals surface area contributed by atoms with Crippen molar-refractivity contribution in [3.8, 4) is 5.75 Å². The number of hydrogen-bond acceptors (Lipinski definition) is 2. The Balaban J connectivity index is 3.36. The number of hydrogen-bond donors (Lipinski definition) is 1. The summed E-state index contributed by atoms with van der Waals surface area (Å²) < 4.78 is 170. The molecule has 0 aromatic heterocycles. The molecule has 29 heavy (non-hydrogen) atoms. The van der Waals surface area contributed by atoms with Gasteiger partial charge >= 0.3 is 41.9 Å². The van der Waals surface area contributed by atoms with E-state index in [1.165, 1.54) is 0 Å². The summed E-state index contributed by atoms with van der Waals surface area (Å²) >= 11 is 0. The van der Waals surface area contributed by atoms with Crippen molar-refractivity contribution < 1.29 is 71.7 Å². The van der Waals surface area contributed by atoms with Gasteiger partial charge in [0, 0.05) is 0 Å². The Morgan fingerprint density at radius 3 is 1.38 bits per heavy atom. The van der Waals surface area contributed by atoms with Crippen LogP contribution in [0.25, 0.3) is 0 Å². The highest BCUT2D eigenvalue weighted by molar-refractivity contribution is 5.87. The minimum Gasteiger partial charge on any atom is -0.478 e. The highest BCUT2D eigenvalue weighted by Gasteiger charge is 2.91. The molecule has 0 aliphatic heterocycles. The summed E-state index contributed by atoms with van der Waals surface area (Å²) in [7, 11) is 0. The number of aromatic carboxylic acids is 1. The first-order chi connectivity index (χ1) is 12.6. The van der Waals surface area contributed by atoms with E-state index in [2.05, 4.69) is 4.74 Å². The molecule has 0 atom stereocenters. The second kappa shape index (κ2) is 6.83. The molecule has 0 spiro atoms. The number of benzene rings is 1.